The third-order valence-electron chi connectivity index (χ3n) is 6.42. The van der Waals surface area contributed by atoms with E-state index in [4.69, 9.17) is 9.47 Å². The molecule has 1 saturated carbocycles. The Labute approximate surface area is 159 Å². The van der Waals surface area contributed by atoms with Crippen molar-refractivity contribution < 1.29 is 14.3 Å². The number of nitrogens with one attached hydrogen (secondary N) is 1. The number of rotatable bonds is 4. The molecular formula is C22H24N2O3. The standard InChI is InChI=1S/C22H24N2O3/c1-24-18(12-23-22(24)25)13-7-8-19(26-2)21(10-13)27-20-11-14-9-17(20)16-6-4-3-5-15(14)16/h3-8,10,14,17-18,20H,9,11-12H2,1-2H3,(H,23,25)/t14-,17-,18?,20-/m0/s1. The van der Waals surface area contributed by atoms with Crippen molar-refractivity contribution in [3.8, 4) is 11.5 Å². The Hall–Kier alpha value is -2.69. The van der Waals surface area contributed by atoms with E-state index in [9.17, 15) is 4.79 Å². The number of carbonyl (C=O) groups is 1. The lowest BCUT2D eigenvalue weighted by atomic mass is 9.90. The molecule has 1 saturated heterocycles. The lowest BCUT2D eigenvalue weighted by Crippen LogP contribution is -2.25. The van der Waals surface area contributed by atoms with Crippen LogP contribution in [-0.2, 0) is 0 Å². The quantitative estimate of drug-likeness (QED) is 0.897. The van der Waals surface area contributed by atoms with Gasteiger partial charge in [-0.05, 0) is 47.6 Å². The molecule has 1 aliphatic heterocycles. The van der Waals surface area contributed by atoms with Crippen LogP contribution < -0.4 is 14.8 Å². The Morgan fingerprint density at radius 3 is 2.63 bits per heavy atom. The molecule has 5 nitrogen and oxygen atoms in total. The largest absolute Gasteiger partial charge is 0.493 e. The molecule has 5 rings (SSSR count). The summed E-state index contributed by atoms with van der Waals surface area (Å²) in [5.41, 5.74) is 4.01. The Kier molecular flexibility index (Phi) is 3.78. The van der Waals surface area contributed by atoms with Crippen molar-refractivity contribution in [1.82, 2.24) is 10.2 Å². The minimum Gasteiger partial charge on any atom is -0.493 e. The molecule has 2 fully saturated rings. The molecule has 27 heavy (non-hydrogen) atoms. The van der Waals surface area contributed by atoms with E-state index < -0.39 is 0 Å². The summed E-state index contributed by atoms with van der Waals surface area (Å²) >= 11 is 0. The lowest BCUT2D eigenvalue weighted by molar-refractivity contribution is 0.177. The lowest BCUT2D eigenvalue weighted by Gasteiger charge is -2.27. The molecule has 0 aromatic heterocycles. The van der Waals surface area contributed by atoms with Gasteiger partial charge in [-0.1, -0.05) is 30.3 Å². The first-order valence-electron chi connectivity index (χ1n) is 9.59. The summed E-state index contributed by atoms with van der Waals surface area (Å²) in [4.78, 5) is 13.5. The zero-order chi connectivity index (χ0) is 18.5. The van der Waals surface area contributed by atoms with Crippen molar-refractivity contribution >= 4 is 6.03 Å². The van der Waals surface area contributed by atoms with Gasteiger partial charge in [0, 0.05) is 19.5 Å². The van der Waals surface area contributed by atoms with Crippen molar-refractivity contribution in [2.45, 2.75) is 36.8 Å². The van der Waals surface area contributed by atoms with E-state index in [1.807, 2.05) is 25.2 Å². The monoisotopic (exact) mass is 364 g/mol. The van der Waals surface area contributed by atoms with E-state index in [0.29, 0.717) is 18.4 Å². The van der Waals surface area contributed by atoms with E-state index in [1.54, 1.807) is 12.0 Å². The molecule has 2 aliphatic carbocycles. The van der Waals surface area contributed by atoms with Crippen molar-refractivity contribution in [3.05, 3.63) is 59.2 Å². The van der Waals surface area contributed by atoms with Crippen LogP contribution >= 0.6 is 0 Å². The Morgan fingerprint density at radius 2 is 1.89 bits per heavy atom. The SMILES string of the molecule is COc1ccc(C2CNC(=O)N2C)cc1O[C@H]1C[C@@H]2C[C@H]1c1ccccc12. The number of hydrogen-bond acceptors (Lipinski definition) is 3. The molecule has 2 aromatic rings. The van der Waals surface area contributed by atoms with E-state index in [2.05, 4.69) is 29.6 Å². The number of methoxy groups -OCH3 is 1. The summed E-state index contributed by atoms with van der Waals surface area (Å²) < 4.78 is 12.1. The van der Waals surface area contributed by atoms with Crippen LogP contribution in [0.2, 0.25) is 0 Å². The summed E-state index contributed by atoms with van der Waals surface area (Å²) in [7, 11) is 3.50. The minimum atomic E-state index is -0.0389. The molecule has 1 heterocycles. The highest BCUT2D eigenvalue weighted by molar-refractivity contribution is 5.77. The predicted molar refractivity (Wildman–Crippen MR) is 102 cm³/mol. The fourth-order valence-electron chi connectivity index (χ4n) is 5.02. The second-order valence-electron chi connectivity index (χ2n) is 7.78. The van der Waals surface area contributed by atoms with Crippen molar-refractivity contribution in [3.63, 3.8) is 0 Å². The molecule has 1 N–H and O–H groups in total. The predicted octanol–water partition coefficient (Wildman–Crippen LogP) is 3.81. The summed E-state index contributed by atoms with van der Waals surface area (Å²) in [5.74, 6) is 2.58. The fraction of sp³-hybridized carbons (Fsp3) is 0.409. The molecule has 3 aliphatic rings. The van der Waals surface area contributed by atoms with Gasteiger partial charge in [0.1, 0.15) is 6.10 Å². The molecule has 4 atom stereocenters. The molecule has 2 bridgehead atoms. The number of likely N-dealkylation sites (N-methyl/N-ethyl adjacent to an activating group) is 1. The van der Waals surface area contributed by atoms with Gasteiger partial charge in [0.05, 0.1) is 13.2 Å². The van der Waals surface area contributed by atoms with Gasteiger partial charge in [0.25, 0.3) is 0 Å². The van der Waals surface area contributed by atoms with Crippen molar-refractivity contribution in [2.24, 2.45) is 0 Å². The van der Waals surface area contributed by atoms with E-state index in [0.717, 1.165) is 23.5 Å². The number of benzene rings is 2. The molecule has 0 radical (unpaired) electrons. The van der Waals surface area contributed by atoms with Gasteiger partial charge in [-0.15, -0.1) is 0 Å². The Bertz CT molecular complexity index is 897. The maximum Gasteiger partial charge on any atom is 0.317 e. The van der Waals surface area contributed by atoms with Gasteiger partial charge in [-0.2, -0.15) is 0 Å². The zero-order valence-electron chi connectivity index (χ0n) is 15.6. The number of fused-ring (bicyclic) bond motifs is 5. The second kappa shape index (κ2) is 6.19. The second-order valence-corrected chi connectivity index (χ2v) is 7.78. The zero-order valence-corrected chi connectivity index (χ0v) is 15.6. The first-order valence-corrected chi connectivity index (χ1v) is 9.59. The minimum absolute atomic E-state index is 0.0199. The summed E-state index contributed by atoms with van der Waals surface area (Å²) in [5, 5.41) is 2.89. The van der Waals surface area contributed by atoms with E-state index in [1.165, 1.54) is 17.5 Å². The molecular weight excluding hydrogens is 340 g/mol. The van der Waals surface area contributed by atoms with Crippen molar-refractivity contribution in [1.29, 1.82) is 0 Å². The molecule has 0 spiro atoms. The van der Waals surface area contributed by atoms with Crippen LogP contribution in [0.3, 0.4) is 0 Å². The molecule has 1 unspecified atom stereocenters. The highest BCUT2D eigenvalue weighted by atomic mass is 16.5. The summed E-state index contributed by atoms with van der Waals surface area (Å²) in [6.45, 7) is 0.614. The third-order valence-corrected chi connectivity index (χ3v) is 6.42. The Balaban J connectivity index is 1.42. The van der Waals surface area contributed by atoms with Crippen LogP contribution in [0.15, 0.2) is 42.5 Å². The fourth-order valence-corrected chi connectivity index (χ4v) is 5.02. The van der Waals surface area contributed by atoms with Crippen LogP contribution in [0.1, 0.15) is 47.4 Å². The van der Waals surface area contributed by atoms with Gasteiger partial charge in [-0.25, -0.2) is 4.79 Å². The number of carbonyl (C=O) groups excluding carboxylic acids is 1. The highest BCUT2D eigenvalue weighted by Crippen LogP contribution is 2.54. The smallest absolute Gasteiger partial charge is 0.317 e. The first-order chi connectivity index (χ1) is 13.2. The molecule has 140 valence electrons. The van der Waals surface area contributed by atoms with E-state index >= 15 is 0 Å². The number of nitrogens with zero attached hydrogens (tertiary/aromatic N) is 1. The maximum atomic E-state index is 11.8. The van der Waals surface area contributed by atoms with E-state index in [-0.39, 0.29) is 18.2 Å². The average Bonchev–Trinajstić information content (AvgIpc) is 3.36. The Morgan fingerprint density at radius 1 is 1.07 bits per heavy atom. The molecule has 2 aromatic carbocycles. The van der Waals surface area contributed by atoms with Gasteiger partial charge in [0.15, 0.2) is 11.5 Å². The van der Waals surface area contributed by atoms with Crippen LogP contribution in [-0.4, -0.2) is 37.7 Å². The number of urea groups is 1. The third kappa shape index (κ3) is 2.56. The highest BCUT2D eigenvalue weighted by Gasteiger charge is 2.45. The number of ether oxygens (including phenoxy) is 2. The van der Waals surface area contributed by atoms with Gasteiger partial charge in [0.2, 0.25) is 0 Å². The van der Waals surface area contributed by atoms with Gasteiger partial charge >= 0.3 is 6.03 Å². The van der Waals surface area contributed by atoms with Crippen LogP contribution in [0.5, 0.6) is 11.5 Å². The summed E-state index contributed by atoms with van der Waals surface area (Å²) in [6.07, 6.45) is 2.41. The topological polar surface area (TPSA) is 50.8 Å². The van der Waals surface area contributed by atoms with Crippen molar-refractivity contribution in [2.75, 3.05) is 20.7 Å². The molecule has 2 amide bonds. The van der Waals surface area contributed by atoms with Crippen LogP contribution in [0, 0.1) is 0 Å². The number of hydrogen-bond donors (Lipinski definition) is 1. The van der Waals surface area contributed by atoms with Crippen LogP contribution in [0.4, 0.5) is 4.79 Å². The van der Waals surface area contributed by atoms with Gasteiger partial charge in [-0.3, -0.25) is 0 Å². The maximum absolute atomic E-state index is 11.8. The van der Waals surface area contributed by atoms with Crippen LogP contribution in [0.25, 0.3) is 0 Å². The van der Waals surface area contributed by atoms with Gasteiger partial charge < -0.3 is 19.7 Å². The molecule has 5 heteroatoms. The normalized spacial score (nSPS) is 28.2. The first kappa shape index (κ1) is 16.5. The average molecular weight is 364 g/mol. The number of amides is 2. The summed E-state index contributed by atoms with van der Waals surface area (Å²) in [6, 6.07) is 14.7.